The number of anilines is 1. The molecule has 0 atom stereocenters. The molecule has 0 radical (unpaired) electrons. The molecule has 1 amide bonds. The summed E-state index contributed by atoms with van der Waals surface area (Å²) < 4.78 is 0. The molecule has 6 nitrogen and oxygen atoms in total. The predicted octanol–water partition coefficient (Wildman–Crippen LogP) is 2.76. The standard InChI is InChI=1S/C18H23N5OS/c1-14-21-16(11-25-14)17(24)23-6-2-3-18(12-23)4-7-22(8-5-18)15-9-19-13-20-10-15/h9-11,13H,2-8,12H2,1H3. The smallest absolute Gasteiger partial charge is 0.273 e. The Balaban J connectivity index is 1.42. The first kappa shape index (κ1) is 16.4. The Morgan fingerprint density at radius 3 is 2.60 bits per heavy atom. The van der Waals surface area contributed by atoms with Gasteiger partial charge >= 0.3 is 0 Å². The van der Waals surface area contributed by atoms with E-state index in [0.717, 1.165) is 56.1 Å². The molecule has 132 valence electrons. The summed E-state index contributed by atoms with van der Waals surface area (Å²) in [6.07, 6.45) is 9.86. The molecule has 2 aliphatic rings. The van der Waals surface area contributed by atoms with Gasteiger partial charge in [-0.15, -0.1) is 11.3 Å². The molecule has 2 aromatic rings. The Morgan fingerprint density at radius 1 is 1.16 bits per heavy atom. The molecule has 2 aromatic heterocycles. The summed E-state index contributed by atoms with van der Waals surface area (Å²) in [7, 11) is 0. The van der Waals surface area contributed by atoms with Crippen molar-refractivity contribution in [3.8, 4) is 0 Å². The maximum Gasteiger partial charge on any atom is 0.273 e. The van der Waals surface area contributed by atoms with E-state index in [1.807, 2.05) is 29.6 Å². The van der Waals surface area contributed by atoms with E-state index in [2.05, 4.69) is 19.9 Å². The van der Waals surface area contributed by atoms with Crippen LogP contribution >= 0.6 is 11.3 Å². The molecular weight excluding hydrogens is 334 g/mol. The third-order valence-electron chi connectivity index (χ3n) is 5.52. The number of hydrogen-bond acceptors (Lipinski definition) is 6. The fraction of sp³-hybridized carbons (Fsp3) is 0.556. The van der Waals surface area contributed by atoms with Crippen molar-refractivity contribution in [2.24, 2.45) is 5.41 Å². The maximum atomic E-state index is 12.8. The number of carbonyl (C=O) groups is 1. The van der Waals surface area contributed by atoms with Crippen LogP contribution in [0.5, 0.6) is 0 Å². The van der Waals surface area contributed by atoms with Gasteiger partial charge in [-0.3, -0.25) is 4.79 Å². The van der Waals surface area contributed by atoms with Crippen LogP contribution in [0, 0.1) is 12.3 Å². The van der Waals surface area contributed by atoms with Crippen LogP contribution in [0.2, 0.25) is 0 Å². The van der Waals surface area contributed by atoms with Gasteiger partial charge in [-0.1, -0.05) is 0 Å². The van der Waals surface area contributed by atoms with E-state index >= 15 is 0 Å². The van der Waals surface area contributed by atoms with Crippen molar-refractivity contribution in [1.29, 1.82) is 0 Å². The number of nitrogens with zero attached hydrogens (tertiary/aromatic N) is 5. The van der Waals surface area contributed by atoms with E-state index in [1.165, 1.54) is 6.42 Å². The van der Waals surface area contributed by atoms with Gasteiger partial charge in [0.05, 0.1) is 23.1 Å². The highest BCUT2D eigenvalue weighted by atomic mass is 32.1. The number of carbonyl (C=O) groups excluding carboxylic acids is 1. The highest BCUT2D eigenvalue weighted by Crippen LogP contribution is 2.41. The lowest BCUT2D eigenvalue weighted by Crippen LogP contribution is -2.51. The summed E-state index contributed by atoms with van der Waals surface area (Å²) in [5, 5.41) is 2.84. The highest BCUT2D eigenvalue weighted by molar-refractivity contribution is 7.09. The number of piperidine rings is 2. The van der Waals surface area contributed by atoms with E-state index in [9.17, 15) is 4.79 Å². The summed E-state index contributed by atoms with van der Waals surface area (Å²) >= 11 is 1.54. The molecule has 1 spiro atoms. The number of rotatable bonds is 2. The summed E-state index contributed by atoms with van der Waals surface area (Å²) in [4.78, 5) is 29.8. The summed E-state index contributed by atoms with van der Waals surface area (Å²) in [6.45, 7) is 5.67. The summed E-state index contributed by atoms with van der Waals surface area (Å²) in [5.74, 6) is 0.0994. The van der Waals surface area contributed by atoms with Crippen molar-refractivity contribution in [3.05, 3.63) is 34.8 Å². The van der Waals surface area contributed by atoms with Gasteiger partial charge in [-0.25, -0.2) is 15.0 Å². The SMILES string of the molecule is Cc1nc(C(=O)N2CCCC3(CCN(c4cncnc4)CC3)C2)cs1. The van der Waals surface area contributed by atoms with Crippen LogP contribution < -0.4 is 4.90 Å². The van der Waals surface area contributed by atoms with Crippen molar-refractivity contribution < 1.29 is 4.79 Å². The third kappa shape index (κ3) is 3.38. The second-order valence-electron chi connectivity index (χ2n) is 7.17. The number of amides is 1. The van der Waals surface area contributed by atoms with Crippen LogP contribution in [0.15, 0.2) is 24.1 Å². The highest BCUT2D eigenvalue weighted by Gasteiger charge is 2.40. The molecule has 0 bridgehead atoms. The summed E-state index contributed by atoms with van der Waals surface area (Å²) in [5.41, 5.74) is 1.96. The number of likely N-dealkylation sites (tertiary alicyclic amines) is 1. The minimum Gasteiger partial charge on any atom is -0.369 e. The Labute approximate surface area is 151 Å². The van der Waals surface area contributed by atoms with E-state index in [4.69, 9.17) is 0 Å². The molecule has 2 saturated heterocycles. The quantitative estimate of drug-likeness (QED) is 0.827. The normalized spacial score (nSPS) is 20.0. The average molecular weight is 357 g/mol. The Hall–Kier alpha value is -2.02. The molecule has 0 unspecified atom stereocenters. The fourth-order valence-electron chi connectivity index (χ4n) is 4.11. The summed E-state index contributed by atoms with van der Waals surface area (Å²) in [6, 6.07) is 0. The number of hydrogen-bond donors (Lipinski definition) is 0. The predicted molar refractivity (Wildman–Crippen MR) is 97.9 cm³/mol. The fourth-order valence-corrected chi connectivity index (χ4v) is 4.69. The van der Waals surface area contributed by atoms with Gasteiger partial charge in [-0.05, 0) is 38.0 Å². The molecule has 2 fully saturated rings. The zero-order chi connectivity index (χ0) is 17.3. The molecule has 2 aliphatic heterocycles. The lowest BCUT2D eigenvalue weighted by molar-refractivity contribution is 0.0430. The molecule has 0 N–H and O–H groups in total. The first-order chi connectivity index (χ1) is 12.2. The van der Waals surface area contributed by atoms with Gasteiger partial charge < -0.3 is 9.80 Å². The monoisotopic (exact) mass is 357 g/mol. The molecule has 0 aromatic carbocycles. The molecule has 7 heteroatoms. The van der Waals surface area contributed by atoms with Crippen molar-refractivity contribution in [1.82, 2.24) is 19.9 Å². The topological polar surface area (TPSA) is 62.2 Å². The van der Waals surface area contributed by atoms with Gasteiger partial charge in [0, 0.05) is 31.6 Å². The molecule has 25 heavy (non-hydrogen) atoms. The van der Waals surface area contributed by atoms with Crippen molar-refractivity contribution in [2.45, 2.75) is 32.6 Å². The van der Waals surface area contributed by atoms with E-state index in [0.29, 0.717) is 5.69 Å². The van der Waals surface area contributed by atoms with E-state index in [1.54, 1.807) is 17.7 Å². The third-order valence-corrected chi connectivity index (χ3v) is 6.30. The number of aryl methyl sites for hydroxylation is 1. The Morgan fingerprint density at radius 2 is 1.92 bits per heavy atom. The van der Waals surface area contributed by atoms with Gasteiger partial charge in [0.1, 0.15) is 12.0 Å². The van der Waals surface area contributed by atoms with Crippen LogP contribution in [0.4, 0.5) is 5.69 Å². The molecule has 4 rings (SSSR count). The second-order valence-corrected chi connectivity index (χ2v) is 8.23. The van der Waals surface area contributed by atoms with Gasteiger partial charge in [-0.2, -0.15) is 0 Å². The Kier molecular flexibility index (Phi) is 4.41. The molecule has 0 aliphatic carbocycles. The first-order valence-electron chi connectivity index (χ1n) is 8.87. The van der Waals surface area contributed by atoms with Crippen LogP contribution in [0.3, 0.4) is 0 Å². The maximum absolute atomic E-state index is 12.8. The minimum absolute atomic E-state index is 0.0994. The number of thiazole rings is 1. The first-order valence-corrected chi connectivity index (χ1v) is 9.75. The lowest BCUT2D eigenvalue weighted by Gasteiger charge is -2.48. The zero-order valence-electron chi connectivity index (χ0n) is 14.5. The average Bonchev–Trinajstić information content (AvgIpc) is 3.09. The van der Waals surface area contributed by atoms with Crippen LogP contribution in [0.1, 0.15) is 41.2 Å². The Bertz CT molecular complexity index is 739. The van der Waals surface area contributed by atoms with Gasteiger partial charge in [0.15, 0.2) is 0 Å². The van der Waals surface area contributed by atoms with Gasteiger partial charge in [0.2, 0.25) is 0 Å². The lowest BCUT2D eigenvalue weighted by atomic mass is 9.72. The van der Waals surface area contributed by atoms with Crippen molar-refractivity contribution >= 4 is 22.9 Å². The number of aromatic nitrogens is 3. The van der Waals surface area contributed by atoms with Crippen LogP contribution in [-0.2, 0) is 0 Å². The van der Waals surface area contributed by atoms with E-state index in [-0.39, 0.29) is 11.3 Å². The zero-order valence-corrected chi connectivity index (χ0v) is 15.3. The van der Waals surface area contributed by atoms with Crippen molar-refractivity contribution in [3.63, 3.8) is 0 Å². The van der Waals surface area contributed by atoms with Gasteiger partial charge in [0.25, 0.3) is 5.91 Å². The van der Waals surface area contributed by atoms with Crippen molar-refractivity contribution in [2.75, 3.05) is 31.1 Å². The molecule has 0 saturated carbocycles. The van der Waals surface area contributed by atoms with Crippen LogP contribution in [-0.4, -0.2) is 51.9 Å². The second kappa shape index (κ2) is 6.71. The molecule has 4 heterocycles. The minimum atomic E-state index is 0.0994. The van der Waals surface area contributed by atoms with E-state index < -0.39 is 0 Å². The largest absolute Gasteiger partial charge is 0.369 e. The van der Waals surface area contributed by atoms with Crippen LogP contribution in [0.25, 0.3) is 0 Å². The molecular formula is C18H23N5OS.